The molecule has 1 spiro atoms. The van der Waals surface area contributed by atoms with Gasteiger partial charge in [0.05, 0.1) is 5.03 Å². The number of allylic oxidation sites excluding steroid dienone is 2. The molecule has 0 aliphatic heterocycles. The maximum absolute atomic E-state index is 6.33. The van der Waals surface area contributed by atoms with Gasteiger partial charge in [0.1, 0.15) is 0 Å². The van der Waals surface area contributed by atoms with Crippen LogP contribution in [0.2, 0.25) is 0 Å². The van der Waals surface area contributed by atoms with E-state index in [1.165, 1.54) is 12.8 Å². The van der Waals surface area contributed by atoms with Crippen LogP contribution in [0.4, 0.5) is 0 Å². The predicted molar refractivity (Wildman–Crippen MR) is 61.1 cm³/mol. The lowest BCUT2D eigenvalue weighted by atomic mass is 9.79. The molecule has 0 heterocycles. The van der Waals surface area contributed by atoms with Gasteiger partial charge in [-0.25, -0.2) is 0 Å². The molecule has 3 rings (SSSR count). The molecule has 4 heteroatoms. The average molecular weight is 272 g/mol. The number of hydrogen-bond donors (Lipinski definition) is 0. The zero-order chi connectivity index (χ0) is 10.1. The summed E-state index contributed by atoms with van der Waals surface area (Å²) in [5.74, 6) is 0.755. The summed E-state index contributed by atoms with van der Waals surface area (Å²) in [7, 11) is 0. The van der Waals surface area contributed by atoms with Crippen molar-refractivity contribution in [2.45, 2.75) is 30.0 Å². The van der Waals surface area contributed by atoms with Gasteiger partial charge in [-0.2, -0.15) is 0 Å². The molecule has 0 aromatic carbocycles. The summed E-state index contributed by atoms with van der Waals surface area (Å²) in [5.41, 5.74) is 0.305. The van der Waals surface area contributed by atoms with E-state index >= 15 is 0 Å². The zero-order valence-corrected chi connectivity index (χ0v) is 10.5. The maximum Gasteiger partial charge on any atom is 0.158 e. The molecule has 2 atom stereocenters. The minimum Gasteiger partial charge on any atom is -0.0949 e. The van der Waals surface area contributed by atoms with E-state index in [0.29, 0.717) is 22.3 Å². The van der Waals surface area contributed by atoms with E-state index in [1.54, 1.807) is 0 Å². The maximum atomic E-state index is 6.33. The molecule has 0 aromatic heterocycles. The van der Waals surface area contributed by atoms with E-state index in [0.717, 1.165) is 17.9 Å². The van der Waals surface area contributed by atoms with Crippen molar-refractivity contribution in [3.8, 4) is 0 Å². The molecule has 3 aliphatic rings. The van der Waals surface area contributed by atoms with Gasteiger partial charge in [-0.1, -0.05) is 46.4 Å². The van der Waals surface area contributed by atoms with Crippen LogP contribution < -0.4 is 0 Å². The van der Waals surface area contributed by atoms with Crippen LogP contribution in [0.3, 0.4) is 0 Å². The summed E-state index contributed by atoms with van der Waals surface area (Å²) in [6, 6.07) is 0. The average Bonchev–Trinajstić information content (AvgIpc) is 2.77. The Balaban J connectivity index is 2.17. The molecule has 2 bridgehead atoms. The quantitative estimate of drug-likeness (QED) is 0.562. The fraction of sp³-hybridized carbons (Fsp3) is 0.800. The van der Waals surface area contributed by atoms with E-state index in [4.69, 9.17) is 46.4 Å². The lowest BCUT2D eigenvalue weighted by molar-refractivity contribution is 0.288. The lowest BCUT2D eigenvalue weighted by Gasteiger charge is -2.38. The van der Waals surface area contributed by atoms with Crippen LogP contribution in [-0.4, -0.2) is 4.33 Å². The Morgan fingerprint density at radius 2 is 1.71 bits per heavy atom. The fourth-order valence-corrected chi connectivity index (χ4v) is 5.07. The molecule has 2 saturated carbocycles. The van der Waals surface area contributed by atoms with Gasteiger partial charge in [-0.15, -0.1) is 0 Å². The second-order valence-electron chi connectivity index (χ2n) is 4.70. The van der Waals surface area contributed by atoms with Crippen molar-refractivity contribution in [2.75, 3.05) is 0 Å². The van der Waals surface area contributed by atoms with Crippen LogP contribution in [0.15, 0.2) is 10.1 Å². The first kappa shape index (κ1) is 10.1. The highest BCUT2D eigenvalue weighted by atomic mass is 35.5. The van der Waals surface area contributed by atoms with E-state index in [1.807, 2.05) is 0 Å². The first-order valence-corrected chi connectivity index (χ1v) is 6.45. The van der Waals surface area contributed by atoms with E-state index in [9.17, 15) is 0 Å². The molecule has 0 nitrogen and oxygen atoms in total. The molecule has 0 amide bonds. The van der Waals surface area contributed by atoms with Crippen molar-refractivity contribution in [2.24, 2.45) is 17.3 Å². The summed E-state index contributed by atoms with van der Waals surface area (Å²) in [6.45, 7) is 0. The number of alkyl halides is 2. The number of rotatable bonds is 0. The normalized spacial score (nSPS) is 42.0. The van der Waals surface area contributed by atoms with Crippen LogP contribution in [0.25, 0.3) is 0 Å². The van der Waals surface area contributed by atoms with Crippen LogP contribution in [0.1, 0.15) is 25.7 Å². The van der Waals surface area contributed by atoms with E-state index < -0.39 is 4.33 Å². The molecule has 2 fully saturated rings. The van der Waals surface area contributed by atoms with Gasteiger partial charge in [0.15, 0.2) is 4.33 Å². The van der Waals surface area contributed by atoms with Gasteiger partial charge < -0.3 is 0 Å². The Hall–Kier alpha value is 0.900. The SMILES string of the molecule is ClC1=C(Cl)C(Cl)(Cl)C2CCC1C21CC1. The highest BCUT2D eigenvalue weighted by Gasteiger charge is 2.68. The van der Waals surface area contributed by atoms with Gasteiger partial charge in [0.25, 0.3) is 0 Å². The Kier molecular flexibility index (Phi) is 1.99. The summed E-state index contributed by atoms with van der Waals surface area (Å²) in [4.78, 5) is 0. The van der Waals surface area contributed by atoms with Crippen LogP contribution in [0, 0.1) is 17.3 Å². The molecule has 0 radical (unpaired) electrons. The smallest absolute Gasteiger partial charge is 0.0949 e. The summed E-state index contributed by atoms with van der Waals surface area (Å²) < 4.78 is -0.928. The minimum absolute atomic E-state index is 0.305. The lowest BCUT2D eigenvalue weighted by Crippen LogP contribution is -2.37. The predicted octanol–water partition coefficient (Wildman–Crippen LogP) is 4.67. The third kappa shape index (κ3) is 0.993. The Bertz CT molecular complexity index is 327. The monoisotopic (exact) mass is 270 g/mol. The molecule has 78 valence electrons. The van der Waals surface area contributed by atoms with Gasteiger partial charge >= 0.3 is 0 Å². The van der Waals surface area contributed by atoms with Crippen molar-refractivity contribution < 1.29 is 0 Å². The minimum atomic E-state index is -0.928. The molecule has 3 aliphatic carbocycles. The van der Waals surface area contributed by atoms with Crippen LogP contribution in [0.5, 0.6) is 0 Å². The Labute approximate surface area is 104 Å². The fourth-order valence-electron chi connectivity index (χ4n) is 3.38. The summed E-state index contributed by atoms with van der Waals surface area (Å²) in [6.07, 6.45) is 4.58. The van der Waals surface area contributed by atoms with Gasteiger partial charge in [0.2, 0.25) is 0 Å². The molecule has 0 N–H and O–H groups in total. The van der Waals surface area contributed by atoms with Crippen molar-refractivity contribution >= 4 is 46.4 Å². The Morgan fingerprint density at radius 1 is 1.07 bits per heavy atom. The molecule has 0 aromatic rings. The largest absolute Gasteiger partial charge is 0.158 e. The van der Waals surface area contributed by atoms with Crippen molar-refractivity contribution in [3.05, 3.63) is 10.1 Å². The molecular weight excluding hydrogens is 262 g/mol. The third-order valence-corrected chi connectivity index (χ3v) is 6.35. The molecule has 0 saturated heterocycles. The standard InChI is InChI=1S/C10H10Cl4/c11-7-5-1-2-6(9(5)3-4-9)10(13,14)8(7)12/h5-6H,1-4H2. The Morgan fingerprint density at radius 3 is 2.29 bits per heavy atom. The third-order valence-electron chi connectivity index (χ3n) is 4.21. The van der Waals surface area contributed by atoms with Crippen molar-refractivity contribution in [3.63, 3.8) is 0 Å². The molecule has 14 heavy (non-hydrogen) atoms. The van der Waals surface area contributed by atoms with Gasteiger partial charge in [-0.05, 0) is 31.1 Å². The van der Waals surface area contributed by atoms with Crippen molar-refractivity contribution in [1.29, 1.82) is 0 Å². The van der Waals surface area contributed by atoms with E-state index in [-0.39, 0.29) is 0 Å². The van der Waals surface area contributed by atoms with Gasteiger partial charge in [-0.3, -0.25) is 0 Å². The van der Waals surface area contributed by atoms with E-state index in [2.05, 4.69) is 0 Å². The highest BCUT2D eigenvalue weighted by Crippen LogP contribution is 2.75. The summed E-state index contributed by atoms with van der Waals surface area (Å²) >= 11 is 25.0. The first-order chi connectivity index (χ1) is 6.50. The van der Waals surface area contributed by atoms with Crippen LogP contribution in [-0.2, 0) is 0 Å². The second-order valence-corrected chi connectivity index (χ2v) is 6.87. The number of halogens is 4. The topological polar surface area (TPSA) is 0 Å². The zero-order valence-electron chi connectivity index (χ0n) is 7.49. The first-order valence-electron chi connectivity index (χ1n) is 4.93. The van der Waals surface area contributed by atoms with Crippen molar-refractivity contribution in [1.82, 2.24) is 0 Å². The van der Waals surface area contributed by atoms with Gasteiger partial charge in [0, 0.05) is 16.9 Å². The highest BCUT2D eigenvalue weighted by molar-refractivity contribution is 6.58. The summed E-state index contributed by atoms with van der Waals surface area (Å²) in [5, 5.41) is 1.20. The molecule has 2 unspecified atom stereocenters. The number of hydrogen-bond acceptors (Lipinski definition) is 0. The second kappa shape index (κ2) is 2.77. The van der Waals surface area contributed by atoms with Crippen LogP contribution >= 0.6 is 46.4 Å². The molecular formula is C10H10Cl4.